The smallest absolute Gasteiger partial charge is 0.335 e. The van der Waals surface area contributed by atoms with Crippen molar-refractivity contribution in [1.82, 2.24) is 0 Å². The molecule has 1 aromatic carbocycles. The summed E-state index contributed by atoms with van der Waals surface area (Å²) in [5, 5.41) is 11.6. The molecule has 0 radical (unpaired) electrons. The van der Waals surface area contributed by atoms with Gasteiger partial charge in [0.1, 0.15) is 0 Å². The summed E-state index contributed by atoms with van der Waals surface area (Å²) < 4.78 is 0. The van der Waals surface area contributed by atoms with Crippen molar-refractivity contribution in [3.8, 4) is 0 Å². The lowest BCUT2D eigenvalue weighted by Gasteiger charge is -2.25. The first-order valence-corrected chi connectivity index (χ1v) is 7.73. The number of aromatic carboxylic acids is 1. The Morgan fingerprint density at radius 2 is 2.20 bits per heavy atom. The molecule has 5 heteroatoms. The second kappa shape index (κ2) is 5.46. The highest BCUT2D eigenvalue weighted by molar-refractivity contribution is 7.09. The molecule has 1 aliphatic carbocycles. The Balaban J connectivity index is 1.89. The van der Waals surface area contributed by atoms with E-state index in [0.29, 0.717) is 11.1 Å². The van der Waals surface area contributed by atoms with Gasteiger partial charge in [0.2, 0.25) is 0 Å². The van der Waals surface area contributed by atoms with Crippen LogP contribution in [0.5, 0.6) is 0 Å². The van der Waals surface area contributed by atoms with E-state index in [2.05, 4.69) is 16.3 Å². The molecule has 1 heterocycles. The van der Waals surface area contributed by atoms with Crippen LogP contribution in [0.2, 0.25) is 5.02 Å². The summed E-state index contributed by atoms with van der Waals surface area (Å²) in [5.41, 5.74) is 1.15. The van der Waals surface area contributed by atoms with E-state index in [9.17, 15) is 4.79 Å². The topological polar surface area (TPSA) is 40.5 Å². The van der Waals surface area contributed by atoms with Gasteiger partial charge in [-0.15, -0.1) is 11.3 Å². The van der Waals surface area contributed by atoms with Gasteiger partial charge < -0.3 is 10.0 Å². The van der Waals surface area contributed by atoms with Gasteiger partial charge in [0.25, 0.3) is 0 Å². The first-order chi connectivity index (χ1) is 9.65. The third kappa shape index (κ3) is 2.81. The summed E-state index contributed by atoms with van der Waals surface area (Å²) in [7, 11) is 0. The summed E-state index contributed by atoms with van der Waals surface area (Å²) in [4.78, 5) is 14.5. The van der Waals surface area contributed by atoms with E-state index in [0.717, 1.165) is 12.2 Å². The van der Waals surface area contributed by atoms with Gasteiger partial charge in [-0.25, -0.2) is 4.79 Å². The van der Waals surface area contributed by atoms with Gasteiger partial charge in [0.15, 0.2) is 0 Å². The normalized spacial score (nSPS) is 14.2. The molecule has 104 valence electrons. The SMILES string of the molecule is O=C(O)c1ccc(N(Cc2cccs2)C2CC2)c(Cl)c1. The fourth-order valence-electron chi connectivity index (χ4n) is 2.24. The number of rotatable bonds is 5. The molecule has 1 aliphatic rings. The standard InChI is InChI=1S/C15H14ClNO2S/c16-13-8-10(15(18)19)3-6-14(13)17(11-4-5-11)9-12-2-1-7-20-12/h1-3,6-8,11H,4-5,9H2,(H,18,19). The number of thiophene rings is 1. The number of benzene rings is 1. The van der Waals surface area contributed by atoms with Crippen LogP contribution in [0.4, 0.5) is 5.69 Å². The van der Waals surface area contributed by atoms with Crippen LogP contribution in [-0.4, -0.2) is 17.1 Å². The van der Waals surface area contributed by atoms with Gasteiger partial charge in [0, 0.05) is 10.9 Å². The van der Waals surface area contributed by atoms with Gasteiger partial charge in [0.05, 0.1) is 22.8 Å². The van der Waals surface area contributed by atoms with E-state index in [-0.39, 0.29) is 5.56 Å². The number of carbonyl (C=O) groups is 1. The molecule has 1 saturated carbocycles. The maximum atomic E-state index is 11.0. The molecule has 0 spiro atoms. The molecule has 2 aromatic rings. The molecule has 0 unspecified atom stereocenters. The summed E-state index contributed by atoms with van der Waals surface area (Å²) in [6.07, 6.45) is 2.34. The van der Waals surface area contributed by atoms with Crippen LogP contribution in [0.25, 0.3) is 0 Å². The average molecular weight is 308 g/mol. The minimum atomic E-state index is -0.949. The summed E-state index contributed by atoms with van der Waals surface area (Å²) >= 11 is 8.00. The van der Waals surface area contributed by atoms with Gasteiger partial charge in [-0.2, -0.15) is 0 Å². The quantitative estimate of drug-likeness (QED) is 0.897. The minimum absolute atomic E-state index is 0.227. The van der Waals surface area contributed by atoms with Crippen LogP contribution in [-0.2, 0) is 6.54 Å². The summed E-state index contributed by atoms with van der Waals surface area (Å²) in [6.45, 7) is 0.828. The van der Waals surface area contributed by atoms with Crippen molar-refractivity contribution in [2.75, 3.05) is 4.90 Å². The lowest BCUT2D eigenvalue weighted by molar-refractivity contribution is 0.0697. The maximum Gasteiger partial charge on any atom is 0.335 e. The molecule has 1 fully saturated rings. The number of hydrogen-bond donors (Lipinski definition) is 1. The van der Waals surface area contributed by atoms with Crippen LogP contribution < -0.4 is 4.90 Å². The maximum absolute atomic E-state index is 11.0. The zero-order valence-electron chi connectivity index (χ0n) is 10.8. The number of anilines is 1. The van der Waals surface area contributed by atoms with E-state index in [1.165, 1.54) is 23.8 Å². The van der Waals surface area contributed by atoms with E-state index in [4.69, 9.17) is 16.7 Å². The summed E-state index contributed by atoms with van der Waals surface area (Å²) in [6, 6.07) is 9.64. The fraction of sp³-hybridized carbons (Fsp3) is 0.267. The third-order valence-corrected chi connectivity index (χ3v) is 4.56. The molecule has 3 rings (SSSR count). The lowest BCUT2D eigenvalue weighted by atomic mass is 10.2. The largest absolute Gasteiger partial charge is 0.478 e. The van der Waals surface area contributed by atoms with Crippen LogP contribution >= 0.6 is 22.9 Å². The van der Waals surface area contributed by atoms with Crippen LogP contribution in [0, 0.1) is 0 Å². The Bertz CT molecular complexity index is 623. The first kappa shape index (κ1) is 13.5. The Morgan fingerprint density at radius 3 is 2.75 bits per heavy atom. The van der Waals surface area contributed by atoms with Crippen molar-refractivity contribution in [2.24, 2.45) is 0 Å². The van der Waals surface area contributed by atoms with E-state index >= 15 is 0 Å². The number of nitrogens with zero attached hydrogens (tertiary/aromatic N) is 1. The molecule has 0 bridgehead atoms. The van der Waals surface area contributed by atoms with Crippen molar-refractivity contribution in [3.63, 3.8) is 0 Å². The molecule has 0 atom stereocenters. The predicted octanol–water partition coefficient (Wildman–Crippen LogP) is 4.27. The van der Waals surface area contributed by atoms with Crippen LogP contribution in [0.15, 0.2) is 35.7 Å². The van der Waals surface area contributed by atoms with Crippen molar-refractivity contribution in [2.45, 2.75) is 25.4 Å². The summed E-state index contributed by atoms with van der Waals surface area (Å²) in [5.74, 6) is -0.949. The Morgan fingerprint density at radius 1 is 1.40 bits per heavy atom. The molecule has 0 amide bonds. The molecular formula is C15H14ClNO2S. The lowest BCUT2D eigenvalue weighted by Crippen LogP contribution is -2.24. The highest BCUT2D eigenvalue weighted by Crippen LogP contribution is 2.37. The zero-order valence-corrected chi connectivity index (χ0v) is 12.3. The second-order valence-electron chi connectivity index (χ2n) is 4.91. The molecular weight excluding hydrogens is 294 g/mol. The molecule has 0 aliphatic heterocycles. The van der Waals surface area contributed by atoms with E-state index in [1.807, 2.05) is 12.1 Å². The highest BCUT2D eigenvalue weighted by Gasteiger charge is 2.30. The van der Waals surface area contributed by atoms with Crippen molar-refractivity contribution in [1.29, 1.82) is 0 Å². The Labute approximate surface area is 126 Å². The number of hydrogen-bond acceptors (Lipinski definition) is 3. The molecule has 1 N–H and O–H groups in total. The Kier molecular flexibility index (Phi) is 3.68. The van der Waals surface area contributed by atoms with Crippen molar-refractivity contribution >= 4 is 34.6 Å². The third-order valence-electron chi connectivity index (χ3n) is 3.40. The molecule has 0 saturated heterocycles. The number of halogens is 1. The minimum Gasteiger partial charge on any atom is -0.478 e. The van der Waals surface area contributed by atoms with Gasteiger partial charge in [-0.1, -0.05) is 17.7 Å². The van der Waals surface area contributed by atoms with Crippen LogP contribution in [0.1, 0.15) is 28.1 Å². The number of carboxylic acids is 1. The van der Waals surface area contributed by atoms with Gasteiger partial charge >= 0.3 is 5.97 Å². The molecule has 3 nitrogen and oxygen atoms in total. The predicted molar refractivity (Wildman–Crippen MR) is 81.9 cm³/mol. The second-order valence-corrected chi connectivity index (χ2v) is 6.35. The van der Waals surface area contributed by atoms with E-state index < -0.39 is 5.97 Å². The Hall–Kier alpha value is -1.52. The average Bonchev–Trinajstić information content (AvgIpc) is 3.14. The fourth-order valence-corrected chi connectivity index (χ4v) is 3.23. The van der Waals surface area contributed by atoms with Gasteiger partial charge in [-0.05, 0) is 42.5 Å². The highest BCUT2D eigenvalue weighted by atomic mass is 35.5. The number of carboxylic acid groups (broad SMARTS) is 1. The van der Waals surface area contributed by atoms with Gasteiger partial charge in [-0.3, -0.25) is 0 Å². The first-order valence-electron chi connectivity index (χ1n) is 6.47. The van der Waals surface area contributed by atoms with Crippen molar-refractivity contribution in [3.05, 3.63) is 51.2 Å². The van der Waals surface area contributed by atoms with Crippen LogP contribution in [0.3, 0.4) is 0 Å². The van der Waals surface area contributed by atoms with Crippen molar-refractivity contribution < 1.29 is 9.90 Å². The molecule has 1 aromatic heterocycles. The zero-order chi connectivity index (χ0) is 14.1. The van der Waals surface area contributed by atoms with E-state index in [1.54, 1.807) is 17.4 Å². The molecule has 20 heavy (non-hydrogen) atoms. The monoisotopic (exact) mass is 307 g/mol.